The standard InChI is InChI=1S/C6H10N2O3S2/c1-2-5(13(9,10)11)3-6-8-7-4-12-6/h4-5H,2-3H2,1H3,(H,9,10,11). The largest absolute Gasteiger partial charge is 0.285 e. The van der Waals surface area contributed by atoms with Crippen molar-refractivity contribution >= 4 is 21.5 Å². The van der Waals surface area contributed by atoms with Gasteiger partial charge in [0.2, 0.25) is 0 Å². The number of hydrogen-bond acceptors (Lipinski definition) is 5. The third kappa shape index (κ3) is 3.02. The first kappa shape index (κ1) is 10.6. The molecule has 0 saturated heterocycles. The van der Waals surface area contributed by atoms with Crippen LogP contribution in [-0.2, 0) is 16.5 Å². The minimum Gasteiger partial charge on any atom is -0.285 e. The summed E-state index contributed by atoms with van der Waals surface area (Å²) in [6.07, 6.45) is 0.610. The molecule has 0 aliphatic rings. The Kier molecular flexibility index (Phi) is 3.34. The molecule has 0 aliphatic carbocycles. The topological polar surface area (TPSA) is 80.2 Å². The van der Waals surface area contributed by atoms with Crippen molar-refractivity contribution in [2.75, 3.05) is 0 Å². The number of hydrogen-bond donors (Lipinski definition) is 1. The van der Waals surface area contributed by atoms with Crippen molar-refractivity contribution in [3.8, 4) is 0 Å². The Balaban J connectivity index is 2.72. The van der Waals surface area contributed by atoms with Crippen LogP contribution in [0.3, 0.4) is 0 Å². The molecule has 7 heteroatoms. The van der Waals surface area contributed by atoms with Gasteiger partial charge in [-0.2, -0.15) is 8.42 Å². The van der Waals surface area contributed by atoms with Crippen LogP contribution in [0, 0.1) is 0 Å². The van der Waals surface area contributed by atoms with Crippen molar-refractivity contribution < 1.29 is 13.0 Å². The van der Waals surface area contributed by atoms with Crippen LogP contribution in [-0.4, -0.2) is 28.4 Å². The van der Waals surface area contributed by atoms with E-state index in [0.717, 1.165) is 0 Å². The maximum absolute atomic E-state index is 10.8. The summed E-state index contributed by atoms with van der Waals surface area (Å²) in [4.78, 5) is 0. The van der Waals surface area contributed by atoms with Gasteiger partial charge in [0.05, 0.1) is 5.25 Å². The molecule has 74 valence electrons. The third-order valence-electron chi connectivity index (χ3n) is 1.68. The summed E-state index contributed by atoms with van der Waals surface area (Å²) in [5, 5.41) is 7.16. The normalized spacial score (nSPS) is 14.3. The minimum atomic E-state index is -3.95. The van der Waals surface area contributed by atoms with E-state index < -0.39 is 15.4 Å². The summed E-state index contributed by atoms with van der Waals surface area (Å²) in [6.45, 7) is 1.71. The molecule has 0 aliphatic heterocycles. The van der Waals surface area contributed by atoms with Crippen LogP contribution in [0.5, 0.6) is 0 Å². The maximum Gasteiger partial charge on any atom is 0.268 e. The van der Waals surface area contributed by atoms with Crippen molar-refractivity contribution in [3.63, 3.8) is 0 Å². The zero-order chi connectivity index (χ0) is 9.90. The molecule has 1 aromatic rings. The molecule has 0 aromatic carbocycles. The van der Waals surface area contributed by atoms with Crippen molar-refractivity contribution in [1.82, 2.24) is 10.2 Å². The second kappa shape index (κ2) is 4.12. The zero-order valence-corrected chi connectivity index (χ0v) is 8.68. The van der Waals surface area contributed by atoms with Gasteiger partial charge in [0, 0.05) is 6.42 Å². The Hall–Kier alpha value is -0.530. The molecule has 0 bridgehead atoms. The van der Waals surface area contributed by atoms with Gasteiger partial charge in [-0.05, 0) is 6.42 Å². The van der Waals surface area contributed by atoms with E-state index in [1.807, 2.05) is 0 Å². The van der Waals surface area contributed by atoms with Gasteiger partial charge in [0.1, 0.15) is 10.5 Å². The van der Waals surface area contributed by atoms with Crippen LogP contribution in [0.15, 0.2) is 5.51 Å². The SMILES string of the molecule is CCC(Cc1nncs1)S(=O)(=O)O. The third-order valence-corrected chi connectivity index (χ3v) is 3.75. The molecular weight excluding hydrogens is 212 g/mol. The van der Waals surface area contributed by atoms with Crippen LogP contribution in [0.2, 0.25) is 0 Å². The highest BCUT2D eigenvalue weighted by Crippen LogP contribution is 2.13. The molecule has 0 saturated carbocycles. The second-order valence-electron chi connectivity index (χ2n) is 2.58. The quantitative estimate of drug-likeness (QED) is 0.760. The monoisotopic (exact) mass is 222 g/mol. The van der Waals surface area contributed by atoms with Gasteiger partial charge in [-0.25, -0.2) is 0 Å². The molecule has 1 aromatic heterocycles. The van der Waals surface area contributed by atoms with Gasteiger partial charge >= 0.3 is 0 Å². The van der Waals surface area contributed by atoms with Crippen molar-refractivity contribution in [2.24, 2.45) is 0 Å². The summed E-state index contributed by atoms with van der Waals surface area (Å²) in [7, 11) is -3.95. The predicted octanol–water partition coefficient (Wildman–Crippen LogP) is 0.747. The summed E-state index contributed by atoms with van der Waals surface area (Å²) >= 11 is 1.28. The van der Waals surface area contributed by atoms with E-state index in [1.54, 1.807) is 6.92 Å². The van der Waals surface area contributed by atoms with E-state index in [9.17, 15) is 8.42 Å². The van der Waals surface area contributed by atoms with E-state index >= 15 is 0 Å². The van der Waals surface area contributed by atoms with Crippen molar-refractivity contribution in [1.29, 1.82) is 0 Å². The van der Waals surface area contributed by atoms with Crippen LogP contribution in [0.4, 0.5) is 0 Å². The van der Waals surface area contributed by atoms with Crippen LogP contribution >= 0.6 is 11.3 Å². The van der Waals surface area contributed by atoms with E-state index in [1.165, 1.54) is 16.8 Å². The summed E-state index contributed by atoms with van der Waals surface area (Å²) < 4.78 is 30.4. The average molecular weight is 222 g/mol. The summed E-state index contributed by atoms with van der Waals surface area (Å²) in [5.74, 6) is 0. The number of rotatable bonds is 4. The highest BCUT2D eigenvalue weighted by molar-refractivity contribution is 7.86. The molecule has 13 heavy (non-hydrogen) atoms. The van der Waals surface area contributed by atoms with Gasteiger partial charge in [0.15, 0.2) is 0 Å². The highest BCUT2D eigenvalue weighted by Gasteiger charge is 2.22. The Bertz CT molecular complexity index is 346. The van der Waals surface area contributed by atoms with Gasteiger partial charge < -0.3 is 0 Å². The zero-order valence-electron chi connectivity index (χ0n) is 7.04. The first-order valence-corrected chi connectivity index (χ1v) is 6.13. The first-order valence-electron chi connectivity index (χ1n) is 3.75. The van der Waals surface area contributed by atoms with Gasteiger partial charge in [0.25, 0.3) is 10.1 Å². The minimum absolute atomic E-state index is 0.236. The molecule has 1 atom stereocenters. The Morgan fingerprint density at radius 2 is 2.38 bits per heavy atom. The van der Waals surface area contributed by atoms with Crippen molar-refractivity contribution in [3.05, 3.63) is 10.5 Å². The van der Waals surface area contributed by atoms with E-state index in [0.29, 0.717) is 11.4 Å². The average Bonchev–Trinajstić information content (AvgIpc) is 2.49. The molecule has 1 unspecified atom stereocenters. The lowest BCUT2D eigenvalue weighted by Gasteiger charge is -2.07. The Labute approximate surface area is 80.6 Å². The Morgan fingerprint density at radius 1 is 1.69 bits per heavy atom. The molecule has 0 amide bonds. The van der Waals surface area contributed by atoms with E-state index in [2.05, 4.69) is 10.2 Å². The smallest absolute Gasteiger partial charge is 0.268 e. The fourth-order valence-corrected chi connectivity index (χ4v) is 2.44. The van der Waals surface area contributed by atoms with E-state index in [4.69, 9.17) is 4.55 Å². The van der Waals surface area contributed by atoms with Gasteiger partial charge in [-0.1, -0.05) is 6.92 Å². The number of aromatic nitrogens is 2. The lowest BCUT2D eigenvalue weighted by Crippen LogP contribution is -2.22. The molecule has 5 nitrogen and oxygen atoms in total. The fourth-order valence-electron chi connectivity index (χ4n) is 0.940. The van der Waals surface area contributed by atoms with Gasteiger partial charge in [-0.15, -0.1) is 21.5 Å². The fraction of sp³-hybridized carbons (Fsp3) is 0.667. The summed E-state index contributed by atoms with van der Waals surface area (Å²) in [5.41, 5.74) is 1.53. The highest BCUT2D eigenvalue weighted by atomic mass is 32.2. The molecule has 1 rings (SSSR count). The molecule has 0 spiro atoms. The molecule has 0 fully saturated rings. The lowest BCUT2D eigenvalue weighted by molar-refractivity contribution is 0.463. The van der Waals surface area contributed by atoms with Gasteiger partial charge in [-0.3, -0.25) is 4.55 Å². The summed E-state index contributed by atoms with van der Waals surface area (Å²) in [6, 6.07) is 0. The lowest BCUT2D eigenvalue weighted by atomic mass is 10.2. The molecular formula is C6H10N2O3S2. The maximum atomic E-state index is 10.8. The number of nitrogens with zero attached hydrogens (tertiary/aromatic N) is 2. The molecule has 1 N–H and O–H groups in total. The Morgan fingerprint density at radius 3 is 2.77 bits per heavy atom. The van der Waals surface area contributed by atoms with Crippen LogP contribution in [0.1, 0.15) is 18.4 Å². The molecule has 1 heterocycles. The molecule has 0 radical (unpaired) electrons. The second-order valence-corrected chi connectivity index (χ2v) is 5.20. The van der Waals surface area contributed by atoms with E-state index in [-0.39, 0.29) is 6.42 Å². The van der Waals surface area contributed by atoms with Crippen LogP contribution < -0.4 is 0 Å². The first-order chi connectivity index (χ1) is 6.04. The predicted molar refractivity (Wildman–Crippen MR) is 49.2 cm³/mol. The van der Waals surface area contributed by atoms with Crippen molar-refractivity contribution in [2.45, 2.75) is 25.0 Å². The van der Waals surface area contributed by atoms with Crippen LogP contribution in [0.25, 0.3) is 0 Å².